The van der Waals surface area contributed by atoms with Crippen molar-refractivity contribution in [3.63, 3.8) is 0 Å². The fourth-order valence-electron chi connectivity index (χ4n) is 2.81. The van der Waals surface area contributed by atoms with E-state index in [0.717, 1.165) is 18.8 Å². The molecule has 2 aromatic rings. The lowest BCUT2D eigenvalue weighted by atomic mass is 10.2. The van der Waals surface area contributed by atoms with Crippen LogP contribution in [0.1, 0.15) is 17.4 Å². The van der Waals surface area contributed by atoms with E-state index in [9.17, 15) is 9.59 Å². The van der Waals surface area contributed by atoms with Crippen molar-refractivity contribution in [2.24, 2.45) is 0 Å². The summed E-state index contributed by atoms with van der Waals surface area (Å²) in [4.78, 5) is 31.2. The standard InChI is InChI=1S/C18H21N3O3/c1-14(24-18(23)16-8-5-9-19-16)17(22)21-12-10-20(11-13-21)15-6-3-2-4-7-15/h2-9,14,19H,10-13H2,1H3/t14-/m1/s1. The molecule has 24 heavy (non-hydrogen) atoms. The van der Waals surface area contributed by atoms with Crippen LogP contribution < -0.4 is 4.90 Å². The molecule has 1 N–H and O–H groups in total. The van der Waals surface area contributed by atoms with E-state index in [2.05, 4.69) is 22.0 Å². The molecule has 1 fully saturated rings. The molecule has 1 saturated heterocycles. The molecule has 0 saturated carbocycles. The van der Waals surface area contributed by atoms with Crippen LogP contribution in [0, 0.1) is 0 Å². The maximum Gasteiger partial charge on any atom is 0.355 e. The fraction of sp³-hybridized carbons (Fsp3) is 0.333. The molecular weight excluding hydrogens is 306 g/mol. The Morgan fingerprint density at radius 3 is 2.38 bits per heavy atom. The number of aromatic nitrogens is 1. The lowest BCUT2D eigenvalue weighted by Gasteiger charge is -2.37. The van der Waals surface area contributed by atoms with E-state index < -0.39 is 12.1 Å². The second-order valence-corrected chi connectivity index (χ2v) is 5.78. The first kappa shape index (κ1) is 16.1. The molecule has 3 rings (SSSR count). The van der Waals surface area contributed by atoms with Crippen LogP contribution in [0.25, 0.3) is 0 Å². The summed E-state index contributed by atoms with van der Waals surface area (Å²) >= 11 is 0. The zero-order valence-electron chi connectivity index (χ0n) is 13.6. The summed E-state index contributed by atoms with van der Waals surface area (Å²) in [7, 11) is 0. The summed E-state index contributed by atoms with van der Waals surface area (Å²) in [6, 6.07) is 13.5. The van der Waals surface area contributed by atoms with Gasteiger partial charge in [-0.2, -0.15) is 0 Å². The molecule has 2 heterocycles. The van der Waals surface area contributed by atoms with Crippen molar-refractivity contribution >= 4 is 17.6 Å². The van der Waals surface area contributed by atoms with Crippen LogP contribution in [0.15, 0.2) is 48.7 Å². The molecule has 0 aliphatic carbocycles. The number of aromatic amines is 1. The van der Waals surface area contributed by atoms with Crippen molar-refractivity contribution in [1.82, 2.24) is 9.88 Å². The lowest BCUT2D eigenvalue weighted by Crippen LogP contribution is -2.51. The molecule has 1 aliphatic rings. The number of benzene rings is 1. The number of amides is 1. The van der Waals surface area contributed by atoms with E-state index >= 15 is 0 Å². The number of rotatable bonds is 4. The summed E-state index contributed by atoms with van der Waals surface area (Å²) in [5.74, 6) is -0.661. The highest BCUT2D eigenvalue weighted by Crippen LogP contribution is 2.16. The highest BCUT2D eigenvalue weighted by molar-refractivity contribution is 5.90. The number of H-pyrrole nitrogens is 1. The van der Waals surface area contributed by atoms with Gasteiger partial charge in [-0.15, -0.1) is 0 Å². The van der Waals surface area contributed by atoms with Crippen LogP contribution in [-0.2, 0) is 9.53 Å². The number of carbonyl (C=O) groups excluding carboxylic acids is 2. The van der Waals surface area contributed by atoms with Crippen LogP contribution >= 0.6 is 0 Å². The Labute approximate surface area is 141 Å². The van der Waals surface area contributed by atoms with Gasteiger partial charge in [0.1, 0.15) is 5.69 Å². The minimum atomic E-state index is -0.788. The van der Waals surface area contributed by atoms with Crippen molar-refractivity contribution in [3.05, 3.63) is 54.4 Å². The Morgan fingerprint density at radius 2 is 1.75 bits per heavy atom. The van der Waals surface area contributed by atoms with Gasteiger partial charge in [-0.25, -0.2) is 4.79 Å². The third-order valence-corrected chi connectivity index (χ3v) is 4.16. The van der Waals surface area contributed by atoms with Crippen molar-refractivity contribution in [2.45, 2.75) is 13.0 Å². The molecule has 126 valence electrons. The van der Waals surface area contributed by atoms with Crippen LogP contribution in [0.5, 0.6) is 0 Å². The molecule has 0 radical (unpaired) electrons. The van der Waals surface area contributed by atoms with Gasteiger partial charge >= 0.3 is 5.97 Å². The number of hydrogen-bond donors (Lipinski definition) is 1. The average Bonchev–Trinajstić information content (AvgIpc) is 3.17. The number of carbonyl (C=O) groups is 2. The molecule has 1 aliphatic heterocycles. The summed E-state index contributed by atoms with van der Waals surface area (Å²) in [5, 5.41) is 0. The number of nitrogens with zero attached hydrogens (tertiary/aromatic N) is 2. The van der Waals surface area contributed by atoms with E-state index in [1.807, 2.05) is 18.2 Å². The number of esters is 1. The number of piperazine rings is 1. The van der Waals surface area contributed by atoms with Crippen molar-refractivity contribution in [1.29, 1.82) is 0 Å². The van der Waals surface area contributed by atoms with Crippen LogP contribution in [0.2, 0.25) is 0 Å². The van der Waals surface area contributed by atoms with Crippen molar-refractivity contribution in [2.75, 3.05) is 31.1 Å². The van der Waals surface area contributed by atoms with Gasteiger partial charge in [-0.05, 0) is 31.2 Å². The minimum absolute atomic E-state index is 0.150. The largest absolute Gasteiger partial charge is 0.448 e. The van der Waals surface area contributed by atoms with Gasteiger partial charge in [0, 0.05) is 38.1 Å². The smallest absolute Gasteiger partial charge is 0.355 e. The number of anilines is 1. The SMILES string of the molecule is C[C@@H](OC(=O)c1ccc[nH]1)C(=O)N1CCN(c2ccccc2)CC1. The van der Waals surface area contributed by atoms with Gasteiger partial charge in [0.05, 0.1) is 0 Å². The third kappa shape index (κ3) is 3.59. The normalized spacial score (nSPS) is 15.9. The first-order valence-corrected chi connectivity index (χ1v) is 8.08. The van der Waals surface area contributed by atoms with E-state index in [0.29, 0.717) is 18.8 Å². The summed E-state index contributed by atoms with van der Waals surface area (Å²) in [5.41, 5.74) is 1.51. The molecule has 0 bridgehead atoms. The quantitative estimate of drug-likeness (QED) is 0.871. The van der Waals surface area contributed by atoms with Gasteiger partial charge in [0.25, 0.3) is 5.91 Å². The Kier molecular flexibility index (Phi) is 4.84. The number of ether oxygens (including phenoxy) is 1. The van der Waals surface area contributed by atoms with Crippen LogP contribution in [0.3, 0.4) is 0 Å². The van der Waals surface area contributed by atoms with E-state index in [-0.39, 0.29) is 5.91 Å². The van der Waals surface area contributed by atoms with Gasteiger partial charge in [-0.3, -0.25) is 4.79 Å². The van der Waals surface area contributed by atoms with Gasteiger partial charge < -0.3 is 19.5 Å². The van der Waals surface area contributed by atoms with E-state index in [1.165, 1.54) is 0 Å². The zero-order valence-corrected chi connectivity index (χ0v) is 13.6. The first-order chi connectivity index (χ1) is 11.6. The van der Waals surface area contributed by atoms with Gasteiger partial charge in [0.15, 0.2) is 6.10 Å². The van der Waals surface area contributed by atoms with Crippen LogP contribution in [-0.4, -0.2) is 54.0 Å². The predicted molar refractivity (Wildman–Crippen MR) is 90.9 cm³/mol. The zero-order chi connectivity index (χ0) is 16.9. The Bertz CT molecular complexity index is 677. The monoisotopic (exact) mass is 327 g/mol. The Hall–Kier alpha value is -2.76. The Morgan fingerprint density at radius 1 is 1.04 bits per heavy atom. The second-order valence-electron chi connectivity index (χ2n) is 5.78. The fourth-order valence-corrected chi connectivity index (χ4v) is 2.81. The number of nitrogens with one attached hydrogen (secondary N) is 1. The van der Waals surface area contributed by atoms with Crippen molar-refractivity contribution < 1.29 is 14.3 Å². The molecule has 1 atom stereocenters. The third-order valence-electron chi connectivity index (χ3n) is 4.16. The highest BCUT2D eigenvalue weighted by Gasteiger charge is 2.27. The first-order valence-electron chi connectivity index (χ1n) is 8.08. The molecule has 0 unspecified atom stereocenters. The van der Waals surface area contributed by atoms with Gasteiger partial charge in [0.2, 0.25) is 0 Å². The molecular formula is C18H21N3O3. The van der Waals surface area contributed by atoms with Gasteiger partial charge in [-0.1, -0.05) is 18.2 Å². The molecule has 0 spiro atoms. The maximum atomic E-state index is 12.5. The average molecular weight is 327 g/mol. The molecule has 6 heteroatoms. The lowest BCUT2D eigenvalue weighted by molar-refractivity contribution is -0.140. The van der Waals surface area contributed by atoms with E-state index in [4.69, 9.17) is 4.74 Å². The highest BCUT2D eigenvalue weighted by atomic mass is 16.5. The molecule has 1 amide bonds. The number of para-hydroxylation sites is 1. The number of hydrogen-bond acceptors (Lipinski definition) is 4. The molecule has 6 nitrogen and oxygen atoms in total. The van der Waals surface area contributed by atoms with E-state index in [1.54, 1.807) is 30.2 Å². The molecule has 1 aromatic carbocycles. The predicted octanol–water partition coefficient (Wildman–Crippen LogP) is 1.91. The summed E-state index contributed by atoms with van der Waals surface area (Å²) < 4.78 is 5.25. The minimum Gasteiger partial charge on any atom is -0.448 e. The maximum absolute atomic E-state index is 12.5. The Balaban J connectivity index is 1.52. The second kappa shape index (κ2) is 7.21. The summed E-state index contributed by atoms with van der Waals surface area (Å²) in [6.45, 7) is 4.41. The molecule has 1 aromatic heterocycles. The van der Waals surface area contributed by atoms with Crippen LogP contribution in [0.4, 0.5) is 5.69 Å². The summed E-state index contributed by atoms with van der Waals surface area (Å²) in [6.07, 6.45) is 0.857. The van der Waals surface area contributed by atoms with Crippen molar-refractivity contribution in [3.8, 4) is 0 Å². The topological polar surface area (TPSA) is 65.6 Å².